The Hall–Kier alpha value is -1.09. The fraction of sp³-hybridized carbons (Fsp3) is 0.706. The number of pyridine rings is 1. The first-order chi connectivity index (χ1) is 9.58. The molecule has 0 amide bonds. The summed E-state index contributed by atoms with van der Waals surface area (Å²) in [6, 6.07) is 4.60. The van der Waals surface area contributed by atoms with E-state index in [0.717, 1.165) is 17.9 Å². The Bertz CT molecular complexity index is 411. The van der Waals surface area contributed by atoms with Gasteiger partial charge in [0.2, 0.25) is 0 Å². The number of hydrogen-bond donors (Lipinski definition) is 1. The van der Waals surface area contributed by atoms with Crippen molar-refractivity contribution in [2.45, 2.75) is 65.0 Å². The number of anilines is 1. The predicted octanol–water partition coefficient (Wildman–Crippen LogP) is 3.93. The van der Waals surface area contributed by atoms with Crippen LogP contribution in [0.15, 0.2) is 18.3 Å². The van der Waals surface area contributed by atoms with E-state index in [1.807, 2.05) is 19.2 Å². The van der Waals surface area contributed by atoms with Crippen LogP contribution in [0.2, 0.25) is 0 Å². The summed E-state index contributed by atoms with van der Waals surface area (Å²) in [5.41, 5.74) is 0.961. The van der Waals surface area contributed by atoms with Crippen LogP contribution in [-0.4, -0.2) is 22.7 Å². The van der Waals surface area contributed by atoms with Crippen molar-refractivity contribution in [2.24, 2.45) is 5.92 Å². The number of aliphatic hydroxyl groups is 1. The molecule has 0 unspecified atom stereocenters. The monoisotopic (exact) mass is 276 g/mol. The normalized spacial score (nSPS) is 17.6. The molecule has 20 heavy (non-hydrogen) atoms. The van der Waals surface area contributed by atoms with Crippen LogP contribution in [0.3, 0.4) is 0 Å². The van der Waals surface area contributed by atoms with Crippen LogP contribution in [0.4, 0.5) is 5.82 Å². The summed E-state index contributed by atoms with van der Waals surface area (Å²) in [7, 11) is 0. The zero-order chi connectivity index (χ0) is 14.5. The lowest BCUT2D eigenvalue weighted by Gasteiger charge is -2.31. The van der Waals surface area contributed by atoms with E-state index >= 15 is 0 Å². The van der Waals surface area contributed by atoms with Gasteiger partial charge in [-0.3, -0.25) is 0 Å². The molecular formula is C17H28N2O. The Morgan fingerprint density at radius 1 is 1.30 bits per heavy atom. The lowest BCUT2D eigenvalue weighted by Crippen LogP contribution is -2.35. The van der Waals surface area contributed by atoms with Crippen molar-refractivity contribution in [3.8, 4) is 0 Å². The van der Waals surface area contributed by atoms with Gasteiger partial charge in [-0.1, -0.05) is 26.7 Å². The predicted molar refractivity (Wildman–Crippen MR) is 83.9 cm³/mol. The van der Waals surface area contributed by atoms with Gasteiger partial charge in [0, 0.05) is 18.8 Å². The lowest BCUT2D eigenvalue weighted by molar-refractivity contribution is 0.199. The van der Waals surface area contributed by atoms with E-state index in [-0.39, 0.29) is 0 Å². The number of hydrogen-bond acceptors (Lipinski definition) is 3. The van der Waals surface area contributed by atoms with Crippen LogP contribution in [0, 0.1) is 5.92 Å². The third-order valence-corrected chi connectivity index (χ3v) is 4.26. The first-order valence-corrected chi connectivity index (χ1v) is 7.98. The molecule has 1 aromatic rings. The molecule has 0 bridgehead atoms. The lowest BCUT2D eigenvalue weighted by atomic mass is 10.1. The van der Waals surface area contributed by atoms with E-state index < -0.39 is 6.10 Å². The van der Waals surface area contributed by atoms with Gasteiger partial charge < -0.3 is 10.0 Å². The highest BCUT2D eigenvalue weighted by molar-refractivity contribution is 5.43. The Kier molecular flexibility index (Phi) is 5.41. The molecule has 0 spiro atoms. The van der Waals surface area contributed by atoms with E-state index in [0.29, 0.717) is 12.0 Å². The molecule has 0 aromatic carbocycles. The minimum absolute atomic E-state index is 0.424. The fourth-order valence-electron chi connectivity index (χ4n) is 2.95. The molecule has 1 atom stereocenters. The molecule has 0 aliphatic heterocycles. The maximum Gasteiger partial charge on any atom is 0.129 e. The summed E-state index contributed by atoms with van der Waals surface area (Å²) in [5, 5.41) is 9.77. The van der Waals surface area contributed by atoms with Gasteiger partial charge in [-0.2, -0.15) is 0 Å². The second-order valence-corrected chi connectivity index (χ2v) is 6.44. The van der Waals surface area contributed by atoms with Gasteiger partial charge in [-0.25, -0.2) is 4.98 Å². The third-order valence-electron chi connectivity index (χ3n) is 4.26. The van der Waals surface area contributed by atoms with Crippen molar-refractivity contribution in [1.29, 1.82) is 0 Å². The minimum atomic E-state index is -0.424. The van der Waals surface area contributed by atoms with Gasteiger partial charge in [-0.05, 0) is 49.8 Å². The Morgan fingerprint density at radius 3 is 2.60 bits per heavy atom. The topological polar surface area (TPSA) is 36.4 Å². The second-order valence-electron chi connectivity index (χ2n) is 6.44. The molecule has 0 saturated heterocycles. The van der Waals surface area contributed by atoms with Crippen molar-refractivity contribution in [2.75, 3.05) is 11.4 Å². The van der Waals surface area contributed by atoms with Crippen molar-refractivity contribution >= 4 is 5.82 Å². The number of rotatable bonds is 6. The van der Waals surface area contributed by atoms with Gasteiger partial charge in [-0.15, -0.1) is 0 Å². The number of nitrogens with zero attached hydrogens (tertiary/aromatic N) is 2. The molecule has 1 saturated carbocycles. The van der Waals surface area contributed by atoms with Crippen molar-refractivity contribution in [3.63, 3.8) is 0 Å². The van der Waals surface area contributed by atoms with Crippen LogP contribution in [0.25, 0.3) is 0 Å². The first kappa shape index (κ1) is 15.3. The number of aliphatic hydroxyl groups excluding tert-OH is 1. The molecule has 1 fully saturated rings. The molecule has 112 valence electrons. The van der Waals surface area contributed by atoms with Crippen molar-refractivity contribution in [1.82, 2.24) is 4.98 Å². The molecule has 3 nitrogen and oxygen atoms in total. The molecular weight excluding hydrogens is 248 g/mol. The summed E-state index contributed by atoms with van der Waals surface area (Å²) in [4.78, 5) is 7.03. The van der Waals surface area contributed by atoms with Crippen molar-refractivity contribution < 1.29 is 5.11 Å². The Balaban J connectivity index is 2.18. The third kappa shape index (κ3) is 3.95. The minimum Gasteiger partial charge on any atom is -0.389 e. The standard InChI is InChI=1S/C17H28N2O/c1-13(2)9-11-19(16-6-4-5-7-16)17-12-15(14(3)20)8-10-18-17/h8,10,12-14,16,20H,4-7,9,11H2,1-3H3/t14-/m1/s1. The second kappa shape index (κ2) is 7.07. The summed E-state index contributed by atoms with van der Waals surface area (Å²) >= 11 is 0. The van der Waals surface area contributed by atoms with Crippen LogP contribution < -0.4 is 4.90 Å². The molecule has 1 heterocycles. The molecule has 1 aliphatic carbocycles. The summed E-state index contributed by atoms with van der Waals surface area (Å²) in [6.45, 7) is 7.42. The summed E-state index contributed by atoms with van der Waals surface area (Å²) < 4.78 is 0. The highest BCUT2D eigenvalue weighted by Gasteiger charge is 2.24. The quantitative estimate of drug-likeness (QED) is 0.855. The van der Waals surface area contributed by atoms with E-state index in [4.69, 9.17) is 0 Å². The van der Waals surface area contributed by atoms with Crippen LogP contribution in [0.5, 0.6) is 0 Å². The highest BCUT2D eigenvalue weighted by atomic mass is 16.3. The SMILES string of the molecule is CC(C)CCN(c1cc([C@@H](C)O)ccn1)C1CCCC1. The average molecular weight is 276 g/mol. The summed E-state index contributed by atoms with van der Waals surface area (Å²) in [5.74, 6) is 1.75. The maximum absolute atomic E-state index is 9.77. The van der Waals surface area contributed by atoms with Gasteiger partial charge in [0.05, 0.1) is 6.10 Å². The van der Waals surface area contributed by atoms with E-state index in [9.17, 15) is 5.11 Å². The molecule has 1 aromatic heterocycles. The maximum atomic E-state index is 9.77. The first-order valence-electron chi connectivity index (χ1n) is 7.98. The number of aromatic nitrogens is 1. The largest absolute Gasteiger partial charge is 0.389 e. The van der Waals surface area contributed by atoms with E-state index in [1.165, 1.54) is 32.1 Å². The smallest absolute Gasteiger partial charge is 0.129 e. The zero-order valence-electron chi connectivity index (χ0n) is 13.0. The molecule has 1 aliphatic rings. The Labute approximate surface area is 123 Å². The summed E-state index contributed by atoms with van der Waals surface area (Å²) in [6.07, 6.45) is 7.81. The van der Waals surface area contributed by atoms with Gasteiger partial charge in [0.15, 0.2) is 0 Å². The molecule has 0 radical (unpaired) electrons. The van der Waals surface area contributed by atoms with Gasteiger partial charge >= 0.3 is 0 Å². The molecule has 3 heteroatoms. The fourth-order valence-corrected chi connectivity index (χ4v) is 2.95. The average Bonchev–Trinajstić information content (AvgIpc) is 2.93. The van der Waals surface area contributed by atoms with E-state index in [2.05, 4.69) is 29.8 Å². The highest BCUT2D eigenvalue weighted by Crippen LogP contribution is 2.29. The van der Waals surface area contributed by atoms with Crippen molar-refractivity contribution in [3.05, 3.63) is 23.9 Å². The van der Waals surface area contributed by atoms with Crippen LogP contribution in [0.1, 0.15) is 64.5 Å². The van der Waals surface area contributed by atoms with Crippen LogP contribution >= 0.6 is 0 Å². The molecule has 1 N–H and O–H groups in total. The van der Waals surface area contributed by atoms with Gasteiger partial charge in [0.1, 0.15) is 5.82 Å². The zero-order valence-corrected chi connectivity index (χ0v) is 13.0. The van der Waals surface area contributed by atoms with E-state index in [1.54, 1.807) is 0 Å². The Morgan fingerprint density at radius 2 is 2.00 bits per heavy atom. The van der Waals surface area contributed by atoms with Gasteiger partial charge in [0.25, 0.3) is 0 Å². The molecule has 2 rings (SSSR count). The van der Waals surface area contributed by atoms with Crippen LogP contribution in [-0.2, 0) is 0 Å².